The van der Waals surface area contributed by atoms with Crippen LogP contribution in [0, 0.1) is 0 Å². The molecule has 3 aromatic rings. The lowest BCUT2D eigenvalue weighted by Gasteiger charge is -2.44. The Hall–Kier alpha value is -3.51. The van der Waals surface area contributed by atoms with Gasteiger partial charge in [0.05, 0.1) is 23.4 Å². The van der Waals surface area contributed by atoms with Gasteiger partial charge in [-0.3, -0.25) is 14.5 Å². The van der Waals surface area contributed by atoms with Crippen molar-refractivity contribution in [3.05, 3.63) is 82.9 Å². The maximum atomic E-state index is 13.6. The monoisotopic (exact) mass is 405 g/mol. The third-order valence-corrected chi connectivity index (χ3v) is 5.63. The molecule has 0 saturated carbocycles. The van der Waals surface area contributed by atoms with Crippen LogP contribution >= 0.6 is 11.6 Å². The van der Waals surface area contributed by atoms with E-state index >= 15 is 0 Å². The van der Waals surface area contributed by atoms with Gasteiger partial charge in [-0.05, 0) is 42.5 Å². The summed E-state index contributed by atoms with van der Waals surface area (Å²) in [6.07, 6.45) is 0. The Balaban J connectivity index is 1.79. The van der Waals surface area contributed by atoms with Gasteiger partial charge in [0.25, 0.3) is 11.8 Å². The third-order valence-electron chi connectivity index (χ3n) is 5.31. The number of anilines is 3. The zero-order valence-electron chi connectivity index (χ0n) is 15.4. The van der Waals surface area contributed by atoms with Gasteiger partial charge in [0.2, 0.25) is 5.66 Å². The highest BCUT2D eigenvalue weighted by molar-refractivity contribution is 6.35. The van der Waals surface area contributed by atoms with Crippen molar-refractivity contribution < 1.29 is 14.3 Å². The number of ether oxygens (including phenoxy) is 1. The van der Waals surface area contributed by atoms with Gasteiger partial charge in [0.15, 0.2) is 0 Å². The van der Waals surface area contributed by atoms with Crippen molar-refractivity contribution in [3.8, 4) is 5.75 Å². The summed E-state index contributed by atoms with van der Waals surface area (Å²) in [5.41, 5.74) is 1.26. The molecular formula is C22H16ClN3O3. The Bertz CT molecular complexity index is 1160. The molecule has 1 spiro atoms. The van der Waals surface area contributed by atoms with Gasteiger partial charge >= 0.3 is 0 Å². The smallest absolute Gasteiger partial charge is 0.276 e. The summed E-state index contributed by atoms with van der Waals surface area (Å²) >= 11 is 6.34. The molecule has 0 aliphatic carbocycles. The molecule has 7 heteroatoms. The average molecular weight is 406 g/mol. The highest BCUT2D eigenvalue weighted by Gasteiger charge is 2.57. The van der Waals surface area contributed by atoms with Crippen LogP contribution in [0.4, 0.5) is 17.1 Å². The number of methoxy groups -OCH3 is 1. The van der Waals surface area contributed by atoms with E-state index in [1.54, 1.807) is 67.8 Å². The molecule has 3 aromatic carbocycles. The van der Waals surface area contributed by atoms with Gasteiger partial charge in [-0.1, -0.05) is 35.9 Å². The molecule has 0 saturated heterocycles. The first kappa shape index (κ1) is 17.6. The maximum Gasteiger partial charge on any atom is 0.276 e. The van der Waals surface area contributed by atoms with Gasteiger partial charge in [-0.25, -0.2) is 0 Å². The summed E-state index contributed by atoms with van der Waals surface area (Å²) in [5, 5.41) is 6.58. The van der Waals surface area contributed by atoms with Crippen LogP contribution in [0.1, 0.15) is 15.9 Å². The average Bonchev–Trinajstić information content (AvgIpc) is 3.02. The van der Waals surface area contributed by atoms with E-state index in [9.17, 15) is 9.59 Å². The van der Waals surface area contributed by atoms with Crippen LogP contribution in [0.5, 0.6) is 5.75 Å². The number of para-hydroxylation sites is 2. The largest absolute Gasteiger partial charge is 0.497 e. The second-order valence-corrected chi connectivity index (χ2v) is 7.24. The SMILES string of the molecule is COc1ccc(N2C(=O)c3ccccc3NC23C(=O)Nc2c(Cl)cccc23)cc1. The molecular weight excluding hydrogens is 390 g/mol. The lowest BCUT2D eigenvalue weighted by Crippen LogP contribution is -2.61. The van der Waals surface area contributed by atoms with Crippen molar-refractivity contribution in [2.45, 2.75) is 5.66 Å². The fraction of sp³-hybridized carbons (Fsp3) is 0.0909. The van der Waals surface area contributed by atoms with E-state index in [0.29, 0.717) is 39.0 Å². The van der Waals surface area contributed by atoms with E-state index in [0.717, 1.165) is 0 Å². The second-order valence-electron chi connectivity index (χ2n) is 6.84. The summed E-state index contributed by atoms with van der Waals surface area (Å²) in [4.78, 5) is 28.5. The molecule has 2 amide bonds. The molecule has 0 aromatic heterocycles. The minimum atomic E-state index is -1.46. The molecule has 6 nitrogen and oxygen atoms in total. The van der Waals surface area contributed by atoms with Crippen LogP contribution < -0.4 is 20.3 Å². The number of carbonyl (C=O) groups is 2. The number of nitrogens with zero attached hydrogens (tertiary/aromatic N) is 1. The standard InChI is InChI=1S/C22H16ClN3O3/c1-29-14-11-9-13(10-12-14)26-20(27)15-5-2-3-8-18(15)25-22(26)16-6-4-7-17(23)19(16)24-21(22)28/h2-12,25H,1H3,(H,24,28). The van der Waals surface area contributed by atoms with E-state index in [4.69, 9.17) is 16.3 Å². The molecule has 1 atom stereocenters. The van der Waals surface area contributed by atoms with Crippen LogP contribution in [0.25, 0.3) is 0 Å². The van der Waals surface area contributed by atoms with Gasteiger partial charge in [-0.15, -0.1) is 0 Å². The van der Waals surface area contributed by atoms with Crippen molar-refractivity contribution in [1.29, 1.82) is 0 Å². The Kier molecular flexibility index (Phi) is 3.79. The Morgan fingerprint density at radius 3 is 2.48 bits per heavy atom. The number of halogens is 1. The van der Waals surface area contributed by atoms with E-state index in [1.807, 2.05) is 6.07 Å². The molecule has 5 rings (SSSR count). The minimum Gasteiger partial charge on any atom is -0.497 e. The first-order chi connectivity index (χ1) is 14.1. The molecule has 0 bridgehead atoms. The summed E-state index contributed by atoms with van der Waals surface area (Å²) in [6, 6.07) is 19.4. The number of rotatable bonds is 2. The quantitative estimate of drug-likeness (QED) is 0.669. The van der Waals surface area contributed by atoms with Crippen LogP contribution in [0.3, 0.4) is 0 Å². The molecule has 1 unspecified atom stereocenters. The number of hydrogen-bond acceptors (Lipinski definition) is 4. The molecule has 2 heterocycles. The number of benzene rings is 3. The molecule has 29 heavy (non-hydrogen) atoms. The van der Waals surface area contributed by atoms with Crippen molar-refractivity contribution in [3.63, 3.8) is 0 Å². The highest BCUT2D eigenvalue weighted by atomic mass is 35.5. The van der Waals surface area contributed by atoms with Crippen molar-refractivity contribution in [1.82, 2.24) is 0 Å². The number of fused-ring (bicyclic) bond motifs is 3. The number of hydrogen-bond donors (Lipinski definition) is 2. The summed E-state index contributed by atoms with van der Waals surface area (Å²) < 4.78 is 5.23. The Morgan fingerprint density at radius 1 is 0.966 bits per heavy atom. The maximum absolute atomic E-state index is 13.6. The molecule has 2 aliphatic heterocycles. The molecule has 2 aliphatic rings. The van der Waals surface area contributed by atoms with Gasteiger partial charge in [0, 0.05) is 16.9 Å². The van der Waals surface area contributed by atoms with E-state index in [-0.39, 0.29) is 11.8 Å². The Labute approximate surface area is 172 Å². The van der Waals surface area contributed by atoms with Crippen molar-refractivity contribution in [2.75, 3.05) is 22.6 Å². The fourth-order valence-corrected chi connectivity index (χ4v) is 4.19. The van der Waals surface area contributed by atoms with Crippen molar-refractivity contribution >= 4 is 40.5 Å². The number of nitrogens with one attached hydrogen (secondary N) is 2. The second kappa shape index (κ2) is 6.25. The molecule has 0 fully saturated rings. The van der Waals surface area contributed by atoms with E-state index in [2.05, 4.69) is 10.6 Å². The van der Waals surface area contributed by atoms with Gasteiger partial charge in [-0.2, -0.15) is 0 Å². The zero-order valence-corrected chi connectivity index (χ0v) is 16.2. The van der Waals surface area contributed by atoms with Gasteiger partial charge < -0.3 is 15.4 Å². The number of amides is 2. The fourth-order valence-electron chi connectivity index (χ4n) is 3.97. The summed E-state index contributed by atoms with van der Waals surface area (Å²) in [5.74, 6) is -0.00769. The van der Waals surface area contributed by atoms with Crippen LogP contribution in [0.15, 0.2) is 66.7 Å². The summed E-state index contributed by atoms with van der Waals surface area (Å²) in [7, 11) is 1.57. The minimum absolute atomic E-state index is 0.285. The Morgan fingerprint density at radius 2 is 1.72 bits per heavy atom. The first-order valence-electron chi connectivity index (χ1n) is 9.02. The highest BCUT2D eigenvalue weighted by Crippen LogP contribution is 2.49. The predicted octanol–water partition coefficient (Wildman–Crippen LogP) is 4.23. The van der Waals surface area contributed by atoms with E-state index < -0.39 is 5.66 Å². The third kappa shape index (κ3) is 2.36. The lowest BCUT2D eigenvalue weighted by atomic mass is 9.92. The predicted molar refractivity (Wildman–Crippen MR) is 112 cm³/mol. The van der Waals surface area contributed by atoms with Crippen LogP contribution in [0.2, 0.25) is 5.02 Å². The lowest BCUT2D eigenvalue weighted by molar-refractivity contribution is -0.119. The topological polar surface area (TPSA) is 70.7 Å². The van der Waals surface area contributed by atoms with Crippen LogP contribution in [-0.4, -0.2) is 18.9 Å². The van der Waals surface area contributed by atoms with Crippen molar-refractivity contribution in [2.24, 2.45) is 0 Å². The molecule has 2 N–H and O–H groups in total. The summed E-state index contributed by atoms with van der Waals surface area (Å²) in [6.45, 7) is 0. The molecule has 144 valence electrons. The normalized spacial score (nSPS) is 19.4. The zero-order chi connectivity index (χ0) is 20.2. The number of carbonyl (C=O) groups excluding carboxylic acids is 2. The van der Waals surface area contributed by atoms with E-state index in [1.165, 1.54) is 4.90 Å². The van der Waals surface area contributed by atoms with Gasteiger partial charge in [0.1, 0.15) is 5.75 Å². The molecule has 0 radical (unpaired) electrons. The first-order valence-corrected chi connectivity index (χ1v) is 9.40. The van der Waals surface area contributed by atoms with Crippen LogP contribution in [-0.2, 0) is 10.5 Å².